The quantitative estimate of drug-likeness (QED) is 0.799. The molecular formula is C21H23ClN2O3. The Kier molecular flexibility index (Phi) is 5.71. The van der Waals surface area contributed by atoms with E-state index < -0.39 is 6.04 Å². The highest BCUT2D eigenvalue weighted by atomic mass is 35.5. The zero-order valence-corrected chi connectivity index (χ0v) is 16.5. The van der Waals surface area contributed by atoms with E-state index in [0.29, 0.717) is 35.0 Å². The standard InChI is InChI=1S/C21H23ClN2O3/c1-4-7-18(24-12-14-8-5-6-9-15(14)21(24)26)20(25)23-17-10-13(2)16(22)11-19(17)27-3/h5-6,8-11,18H,4,7,12H2,1-3H3,(H,23,25)/t18-/m1/s1. The first-order chi connectivity index (χ1) is 13.0. The number of carbonyl (C=O) groups is 2. The van der Waals surface area contributed by atoms with Crippen LogP contribution in [0.15, 0.2) is 36.4 Å². The van der Waals surface area contributed by atoms with E-state index in [2.05, 4.69) is 5.32 Å². The van der Waals surface area contributed by atoms with Crippen LogP contribution in [0.1, 0.15) is 41.3 Å². The Morgan fingerprint density at radius 1 is 1.33 bits per heavy atom. The van der Waals surface area contributed by atoms with Crippen molar-refractivity contribution >= 4 is 29.1 Å². The van der Waals surface area contributed by atoms with Gasteiger partial charge in [0.1, 0.15) is 11.8 Å². The SMILES string of the molecule is CCC[C@H](C(=O)Nc1cc(C)c(Cl)cc1OC)N1Cc2ccccc2C1=O. The molecule has 2 amide bonds. The average molecular weight is 387 g/mol. The molecule has 0 radical (unpaired) electrons. The lowest BCUT2D eigenvalue weighted by Gasteiger charge is -2.27. The first-order valence-electron chi connectivity index (χ1n) is 9.00. The minimum Gasteiger partial charge on any atom is -0.495 e. The highest BCUT2D eigenvalue weighted by Crippen LogP contribution is 2.32. The second-order valence-electron chi connectivity index (χ2n) is 6.69. The third kappa shape index (κ3) is 3.78. The molecule has 2 aromatic rings. The zero-order valence-electron chi connectivity index (χ0n) is 15.7. The molecule has 0 unspecified atom stereocenters. The van der Waals surface area contributed by atoms with Crippen molar-refractivity contribution in [1.82, 2.24) is 4.90 Å². The summed E-state index contributed by atoms with van der Waals surface area (Å²) in [6.07, 6.45) is 1.37. The van der Waals surface area contributed by atoms with E-state index in [-0.39, 0.29) is 11.8 Å². The lowest BCUT2D eigenvalue weighted by molar-refractivity contribution is -0.120. The van der Waals surface area contributed by atoms with Gasteiger partial charge in [0.25, 0.3) is 5.91 Å². The number of carbonyl (C=O) groups excluding carboxylic acids is 2. The van der Waals surface area contributed by atoms with Crippen molar-refractivity contribution in [2.24, 2.45) is 0 Å². The molecule has 0 spiro atoms. The number of nitrogens with zero attached hydrogens (tertiary/aromatic N) is 1. The summed E-state index contributed by atoms with van der Waals surface area (Å²) < 4.78 is 5.34. The molecule has 0 saturated heterocycles. The first-order valence-corrected chi connectivity index (χ1v) is 9.38. The molecular weight excluding hydrogens is 364 g/mol. The van der Waals surface area contributed by atoms with Gasteiger partial charge in [-0.2, -0.15) is 0 Å². The Balaban J connectivity index is 1.85. The number of amides is 2. The Labute approximate surface area is 164 Å². The van der Waals surface area contributed by atoms with Crippen molar-refractivity contribution in [1.29, 1.82) is 0 Å². The van der Waals surface area contributed by atoms with Crippen molar-refractivity contribution < 1.29 is 14.3 Å². The molecule has 27 heavy (non-hydrogen) atoms. The monoisotopic (exact) mass is 386 g/mol. The smallest absolute Gasteiger partial charge is 0.255 e. The number of anilines is 1. The van der Waals surface area contributed by atoms with Crippen molar-refractivity contribution in [3.05, 3.63) is 58.1 Å². The second-order valence-corrected chi connectivity index (χ2v) is 7.09. The van der Waals surface area contributed by atoms with Crippen LogP contribution in [-0.4, -0.2) is 29.9 Å². The van der Waals surface area contributed by atoms with Crippen molar-refractivity contribution in [2.45, 2.75) is 39.3 Å². The van der Waals surface area contributed by atoms with Gasteiger partial charge in [0.2, 0.25) is 5.91 Å². The molecule has 1 N–H and O–H groups in total. The third-order valence-electron chi connectivity index (χ3n) is 4.83. The van der Waals surface area contributed by atoms with Crippen molar-refractivity contribution in [3.8, 4) is 5.75 Å². The molecule has 3 rings (SSSR count). The van der Waals surface area contributed by atoms with E-state index in [0.717, 1.165) is 17.5 Å². The van der Waals surface area contributed by atoms with E-state index in [1.165, 1.54) is 7.11 Å². The van der Waals surface area contributed by atoms with Crippen LogP contribution in [0.4, 0.5) is 5.69 Å². The summed E-state index contributed by atoms with van der Waals surface area (Å²) in [5.41, 5.74) is 3.02. The summed E-state index contributed by atoms with van der Waals surface area (Å²) in [7, 11) is 1.53. The predicted molar refractivity (Wildman–Crippen MR) is 106 cm³/mol. The van der Waals surface area contributed by atoms with Crippen LogP contribution in [-0.2, 0) is 11.3 Å². The average Bonchev–Trinajstić information content (AvgIpc) is 2.99. The van der Waals surface area contributed by atoms with E-state index in [1.807, 2.05) is 38.1 Å². The van der Waals surface area contributed by atoms with Gasteiger partial charge >= 0.3 is 0 Å². The van der Waals surface area contributed by atoms with Crippen LogP contribution in [0.5, 0.6) is 5.75 Å². The summed E-state index contributed by atoms with van der Waals surface area (Å²) in [6.45, 7) is 4.31. The molecule has 5 nitrogen and oxygen atoms in total. The molecule has 0 aromatic heterocycles. The second kappa shape index (κ2) is 8.01. The van der Waals surface area contributed by atoms with Crippen LogP contribution in [0.2, 0.25) is 5.02 Å². The molecule has 0 saturated carbocycles. The lowest BCUT2D eigenvalue weighted by Crippen LogP contribution is -2.44. The summed E-state index contributed by atoms with van der Waals surface area (Å²) in [5, 5.41) is 3.49. The number of ether oxygens (including phenoxy) is 1. The topological polar surface area (TPSA) is 58.6 Å². The highest BCUT2D eigenvalue weighted by molar-refractivity contribution is 6.31. The Morgan fingerprint density at radius 2 is 2.07 bits per heavy atom. The van der Waals surface area contributed by atoms with Crippen LogP contribution in [0.3, 0.4) is 0 Å². The van der Waals surface area contributed by atoms with Crippen molar-refractivity contribution in [2.75, 3.05) is 12.4 Å². The van der Waals surface area contributed by atoms with Gasteiger partial charge in [-0.25, -0.2) is 0 Å². The molecule has 6 heteroatoms. The van der Waals surface area contributed by atoms with Gasteiger partial charge < -0.3 is 15.0 Å². The predicted octanol–water partition coefficient (Wildman–Crippen LogP) is 4.42. The van der Waals surface area contributed by atoms with Gasteiger partial charge in [-0.3, -0.25) is 9.59 Å². The summed E-state index contributed by atoms with van der Waals surface area (Å²) in [5.74, 6) is 0.168. The lowest BCUT2D eigenvalue weighted by atomic mass is 10.1. The van der Waals surface area contributed by atoms with Crippen LogP contribution < -0.4 is 10.1 Å². The number of nitrogens with one attached hydrogen (secondary N) is 1. The molecule has 1 atom stereocenters. The number of hydrogen-bond acceptors (Lipinski definition) is 3. The molecule has 0 aliphatic carbocycles. The maximum absolute atomic E-state index is 13.1. The van der Waals surface area contributed by atoms with Gasteiger partial charge in [0, 0.05) is 23.2 Å². The fraction of sp³-hybridized carbons (Fsp3) is 0.333. The van der Waals surface area contributed by atoms with Crippen LogP contribution >= 0.6 is 11.6 Å². The van der Waals surface area contributed by atoms with Crippen LogP contribution in [0, 0.1) is 6.92 Å². The summed E-state index contributed by atoms with van der Waals surface area (Å²) in [6, 6.07) is 10.4. The molecule has 1 heterocycles. The number of aryl methyl sites for hydroxylation is 1. The summed E-state index contributed by atoms with van der Waals surface area (Å²) in [4.78, 5) is 27.5. The van der Waals surface area contributed by atoms with E-state index in [1.54, 1.807) is 17.0 Å². The Morgan fingerprint density at radius 3 is 2.74 bits per heavy atom. The maximum atomic E-state index is 13.1. The van der Waals surface area contributed by atoms with E-state index >= 15 is 0 Å². The van der Waals surface area contributed by atoms with Gasteiger partial charge in [-0.05, 0) is 36.6 Å². The number of fused-ring (bicyclic) bond motifs is 1. The molecule has 1 aliphatic heterocycles. The zero-order chi connectivity index (χ0) is 19.6. The van der Waals surface area contributed by atoms with Gasteiger partial charge in [-0.1, -0.05) is 43.1 Å². The molecule has 2 aromatic carbocycles. The van der Waals surface area contributed by atoms with E-state index in [4.69, 9.17) is 16.3 Å². The number of benzene rings is 2. The third-order valence-corrected chi connectivity index (χ3v) is 5.24. The molecule has 142 valence electrons. The molecule has 1 aliphatic rings. The summed E-state index contributed by atoms with van der Waals surface area (Å²) >= 11 is 6.14. The number of rotatable bonds is 6. The Bertz CT molecular complexity index is 882. The first kappa shape index (κ1) is 19.2. The Hall–Kier alpha value is -2.53. The molecule has 0 fully saturated rings. The minimum absolute atomic E-state index is 0.0987. The fourth-order valence-electron chi connectivity index (χ4n) is 3.38. The largest absolute Gasteiger partial charge is 0.495 e. The van der Waals surface area contributed by atoms with E-state index in [9.17, 15) is 9.59 Å². The number of halogens is 1. The van der Waals surface area contributed by atoms with Crippen LogP contribution in [0.25, 0.3) is 0 Å². The van der Waals surface area contributed by atoms with Gasteiger partial charge in [0.15, 0.2) is 0 Å². The fourth-order valence-corrected chi connectivity index (χ4v) is 3.53. The molecule has 0 bridgehead atoms. The van der Waals surface area contributed by atoms with Gasteiger partial charge in [0.05, 0.1) is 12.8 Å². The number of methoxy groups -OCH3 is 1. The highest BCUT2D eigenvalue weighted by Gasteiger charge is 2.35. The maximum Gasteiger partial charge on any atom is 0.255 e. The normalized spacial score (nSPS) is 14.1. The number of hydrogen-bond donors (Lipinski definition) is 1. The minimum atomic E-state index is -0.546. The van der Waals surface area contributed by atoms with Crippen molar-refractivity contribution in [3.63, 3.8) is 0 Å². The van der Waals surface area contributed by atoms with Gasteiger partial charge in [-0.15, -0.1) is 0 Å².